The summed E-state index contributed by atoms with van der Waals surface area (Å²) in [7, 11) is 0. The van der Waals surface area contributed by atoms with Crippen molar-refractivity contribution >= 4 is 21.6 Å². The van der Waals surface area contributed by atoms with Crippen LogP contribution in [0.2, 0.25) is 0 Å². The van der Waals surface area contributed by atoms with Gasteiger partial charge in [-0.25, -0.2) is 0 Å². The third-order valence-corrected chi connectivity index (χ3v) is 4.73. The third kappa shape index (κ3) is 2.72. The molecule has 0 bridgehead atoms. The minimum absolute atomic E-state index is 0.694. The molecule has 3 heteroatoms. The number of benzene rings is 1. The molecule has 0 spiro atoms. The molecule has 3 rings (SSSR count). The normalized spacial score (nSPS) is 25.0. The van der Waals surface area contributed by atoms with Crippen LogP contribution in [0.5, 0.6) is 0 Å². The van der Waals surface area contributed by atoms with Crippen molar-refractivity contribution in [3.63, 3.8) is 0 Å². The Hall–Kier alpha value is -0.540. The van der Waals surface area contributed by atoms with Gasteiger partial charge in [0.15, 0.2) is 0 Å². The molecular formula is C15H21BrN2. The molecule has 1 heterocycles. The van der Waals surface area contributed by atoms with Crippen molar-refractivity contribution in [2.45, 2.75) is 32.2 Å². The highest BCUT2D eigenvalue weighted by Crippen LogP contribution is 2.35. The van der Waals surface area contributed by atoms with Gasteiger partial charge < -0.3 is 10.2 Å². The average Bonchev–Trinajstić information content (AvgIpc) is 3.16. The van der Waals surface area contributed by atoms with Crippen LogP contribution >= 0.6 is 15.9 Å². The number of rotatable bonds is 2. The molecule has 18 heavy (non-hydrogen) atoms. The van der Waals surface area contributed by atoms with E-state index in [9.17, 15) is 0 Å². The van der Waals surface area contributed by atoms with Crippen molar-refractivity contribution in [3.8, 4) is 0 Å². The monoisotopic (exact) mass is 308 g/mol. The van der Waals surface area contributed by atoms with Crippen LogP contribution in [0.25, 0.3) is 0 Å². The maximum atomic E-state index is 3.72. The second kappa shape index (κ2) is 5.22. The van der Waals surface area contributed by atoms with Crippen molar-refractivity contribution in [2.75, 3.05) is 24.5 Å². The molecule has 1 saturated carbocycles. The minimum Gasteiger partial charge on any atom is -0.369 e. The zero-order valence-electron chi connectivity index (χ0n) is 11.0. The molecule has 1 atom stereocenters. The molecule has 0 radical (unpaired) electrons. The van der Waals surface area contributed by atoms with E-state index in [1.807, 2.05) is 0 Å². The standard InChI is InChI=1S/C15H21BrN2/c1-11-3-6-13(16)15(9-11)18-8-2-7-17-14(10-18)12-4-5-12/h3,6,9,12,14,17H,2,4-5,7-8,10H2,1H3. The van der Waals surface area contributed by atoms with E-state index >= 15 is 0 Å². The van der Waals surface area contributed by atoms with Gasteiger partial charge in [0.2, 0.25) is 0 Å². The van der Waals surface area contributed by atoms with Crippen LogP contribution in [0.4, 0.5) is 5.69 Å². The summed E-state index contributed by atoms with van der Waals surface area (Å²) in [6.45, 7) is 5.66. The van der Waals surface area contributed by atoms with Gasteiger partial charge >= 0.3 is 0 Å². The van der Waals surface area contributed by atoms with Crippen molar-refractivity contribution in [1.29, 1.82) is 0 Å². The number of hydrogen-bond donors (Lipinski definition) is 1. The van der Waals surface area contributed by atoms with Gasteiger partial charge in [0.1, 0.15) is 0 Å². The predicted molar refractivity (Wildman–Crippen MR) is 80.2 cm³/mol. The number of aryl methyl sites for hydroxylation is 1. The first-order valence-electron chi connectivity index (χ1n) is 6.98. The summed E-state index contributed by atoms with van der Waals surface area (Å²) in [4.78, 5) is 2.56. The lowest BCUT2D eigenvalue weighted by Gasteiger charge is -2.27. The van der Waals surface area contributed by atoms with Gasteiger partial charge in [-0.1, -0.05) is 6.07 Å². The quantitative estimate of drug-likeness (QED) is 0.901. The topological polar surface area (TPSA) is 15.3 Å². The van der Waals surface area contributed by atoms with E-state index in [-0.39, 0.29) is 0 Å². The number of halogens is 1. The Labute approximate surface area is 118 Å². The molecule has 2 nitrogen and oxygen atoms in total. The van der Waals surface area contributed by atoms with E-state index in [2.05, 4.69) is 51.3 Å². The van der Waals surface area contributed by atoms with Gasteiger partial charge in [-0.05, 0) is 72.3 Å². The minimum atomic E-state index is 0.694. The zero-order chi connectivity index (χ0) is 12.5. The van der Waals surface area contributed by atoms with Crippen LogP contribution in [-0.2, 0) is 0 Å². The summed E-state index contributed by atoms with van der Waals surface area (Å²) in [6.07, 6.45) is 4.07. The van der Waals surface area contributed by atoms with Gasteiger partial charge in [-0.2, -0.15) is 0 Å². The van der Waals surface area contributed by atoms with Crippen LogP contribution < -0.4 is 10.2 Å². The van der Waals surface area contributed by atoms with Crippen LogP contribution in [0.15, 0.2) is 22.7 Å². The van der Waals surface area contributed by atoms with E-state index in [0.717, 1.165) is 19.0 Å². The molecule has 1 aromatic rings. The lowest BCUT2D eigenvalue weighted by Crippen LogP contribution is -2.39. The molecule has 1 aliphatic carbocycles. The van der Waals surface area contributed by atoms with Gasteiger partial charge in [-0.15, -0.1) is 0 Å². The Morgan fingerprint density at radius 2 is 2.17 bits per heavy atom. The summed E-state index contributed by atoms with van der Waals surface area (Å²) in [5.74, 6) is 0.925. The number of nitrogens with one attached hydrogen (secondary N) is 1. The first kappa shape index (κ1) is 12.5. The fourth-order valence-corrected chi connectivity index (χ4v) is 3.35. The second-order valence-corrected chi connectivity index (χ2v) is 6.51. The average molecular weight is 309 g/mol. The number of hydrogen-bond acceptors (Lipinski definition) is 2. The highest BCUT2D eigenvalue weighted by atomic mass is 79.9. The van der Waals surface area contributed by atoms with Crippen LogP contribution in [0.1, 0.15) is 24.8 Å². The molecule has 0 amide bonds. The Balaban J connectivity index is 1.82. The van der Waals surface area contributed by atoms with Crippen molar-refractivity contribution in [3.05, 3.63) is 28.2 Å². The molecule has 1 N–H and O–H groups in total. The Morgan fingerprint density at radius 1 is 1.33 bits per heavy atom. The first-order valence-corrected chi connectivity index (χ1v) is 7.78. The van der Waals surface area contributed by atoms with Gasteiger partial charge in [0.05, 0.1) is 5.69 Å². The van der Waals surface area contributed by atoms with Crippen molar-refractivity contribution in [1.82, 2.24) is 5.32 Å². The molecule has 1 unspecified atom stereocenters. The van der Waals surface area contributed by atoms with E-state index in [4.69, 9.17) is 0 Å². The smallest absolute Gasteiger partial charge is 0.0513 e. The van der Waals surface area contributed by atoms with Crippen molar-refractivity contribution < 1.29 is 0 Å². The Kier molecular flexibility index (Phi) is 3.62. The first-order chi connectivity index (χ1) is 8.74. The SMILES string of the molecule is Cc1ccc(Br)c(N2CCCNC(C3CC3)C2)c1. The van der Waals surface area contributed by atoms with Gasteiger partial charge in [0, 0.05) is 23.6 Å². The zero-order valence-corrected chi connectivity index (χ0v) is 12.5. The summed E-state index contributed by atoms with van der Waals surface area (Å²) in [6, 6.07) is 7.34. The molecule has 1 saturated heterocycles. The van der Waals surface area contributed by atoms with Gasteiger partial charge in [-0.3, -0.25) is 0 Å². The van der Waals surface area contributed by atoms with Crippen molar-refractivity contribution in [2.24, 2.45) is 5.92 Å². The summed E-state index contributed by atoms with van der Waals surface area (Å²) in [5.41, 5.74) is 2.71. The van der Waals surface area contributed by atoms with Crippen LogP contribution in [0, 0.1) is 12.8 Å². The van der Waals surface area contributed by atoms with E-state index < -0.39 is 0 Å². The van der Waals surface area contributed by atoms with E-state index in [1.54, 1.807) is 0 Å². The van der Waals surface area contributed by atoms with Crippen LogP contribution in [0.3, 0.4) is 0 Å². The summed E-state index contributed by atoms with van der Waals surface area (Å²) in [5, 5.41) is 3.72. The predicted octanol–water partition coefficient (Wildman–Crippen LogP) is 3.34. The highest BCUT2D eigenvalue weighted by Gasteiger charge is 2.33. The lowest BCUT2D eigenvalue weighted by atomic mass is 10.1. The largest absolute Gasteiger partial charge is 0.369 e. The Morgan fingerprint density at radius 3 is 2.94 bits per heavy atom. The fourth-order valence-electron chi connectivity index (χ4n) is 2.85. The number of nitrogens with zero attached hydrogens (tertiary/aromatic N) is 1. The van der Waals surface area contributed by atoms with Gasteiger partial charge in [0.25, 0.3) is 0 Å². The Bertz CT molecular complexity index is 429. The molecule has 1 aromatic carbocycles. The van der Waals surface area contributed by atoms with E-state index in [0.29, 0.717) is 6.04 Å². The molecular weight excluding hydrogens is 288 g/mol. The molecule has 2 aliphatic rings. The fraction of sp³-hybridized carbons (Fsp3) is 0.600. The summed E-state index contributed by atoms with van der Waals surface area (Å²) >= 11 is 3.70. The molecule has 2 fully saturated rings. The maximum absolute atomic E-state index is 3.72. The van der Waals surface area contributed by atoms with E-state index in [1.165, 1.54) is 41.5 Å². The summed E-state index contributed by atoms with van der Waals surface area (Å²) < 4.78 is 1.23. The second-order valence-electron chi connectivity index (χ2n) is 5.65. The number of anilines is 1. The third-order valence-electron chi connectivity index (χ3n) is 4.06. The van der Waals surface area contributed by atoms with Crippen LogP contribution in [-0.4, -0.2) is 25.7 Å². The lowest BCUT2D eigenvalue weighted by molar-refractivity contribution is 0.490. The molecule has 98 valence electrons. The maximum Gasteiger partial charge on any atom is 0.0513 e. The molecule has 0 aromatic heterocycles. The molecule has 1 aliphatic heterocycles. The highest BCUT2D eigenvalue weighted by molar-refractivity contribution is 9.10.